The molecule has 10 heteroatoms. The van der Waals surface area contributed by atoms with Gasteiger partial charge in [0.25, 0.3) is 0 Å². The van der Waals surface area contributed by atoms with Gasteiger partial charge >= 0.3 is 11.7 Å². The monoisotopic (exact) mass is 297 g/mol. The number of rotatable bonds is 7. The first-order valence-electron chi connectivity index (χ1n) is 5.93. The van der Waals surface area contributed by atoms with Crippen molar-refractivity contribution in [2.45, 2.75) is 25.4 Å². The summed E-state index contributed by atoms with van der Waals surface area (Å²) in [7, 11) is 0. The molecule has 2 amide bonds. The molecule has 10 nitrogen and oxygen atoms in total. The minimum Gasteiger partial charge on any atom is -0.480 e. The van der Waals surface area contributed by atoms with Crippen molar-refractivity contribution in [3.8, 4) is 0 Å². The number of carboxylic acid groups (broad SMARTS) is 1. The SMILES string of the molecule is NC(=O)C[C@H](NC(=O)CCn1ccc(N)nc1=O)C(=O)O. The van der Waals surface area contributed by atoms with Crippen LogP contribution in [0.3, 0.4) is 0 Å². The zero-order valence-electron chi connectivity index (χ0n) is 11.0. The van der Waals surface area contributed by atoms with Crippen LogP contribution in [-0.2, 0) is 20.9 Å². The molecule has 0 unspecified atom stereocenters. The van der Waals surface area contributed by atoms with E-state index in [0.717, 1.165) is 4.57 Å². The molecular formula is C11H15N5O5. The van der Waals surface area contributed by atoms with Crippen LogP contribution in [0.1, 0.15) is 12.8 Å². The van der Waals surface area contributed by atoms with Crippen molar-refractivity contribution in [1.82, 2.24) is 14.9 Å². The molecule has 1 rings (SSSR count). The van der Waals surface area contributed by atoms with Crippen molar-refractivity contribution >= 4 is 23.6 Å². The third-order valence-corrected chi connectivity index (χ3v) is 2.51. The number of carboxylic acids is 1. The normalized spacial score (nSPS) is 11.6. The minimum absolute atomic E-state index is 0.000850. The highest BCUT2D eigenvalue weighted by molar-refractivity contribution is 5.88. The third kappa shape index (κ3) is 5.30. The second kappa shape index (κ2) is 7.03. The van der Waals surface area contributed by atoms with Gasteiger partial charge in [-0.3, -0.25) is 14.2 Å². The topological polar surface area (TPSA) is 170 Å². The molecule has 0 bridgehead atoms. The first-order chi connectivity index (χ1) is 9.79. The fourth-order valence-corrected chi connectivity index (χ4v) is 1.50. The van der Waals surface area contributed by atoms with Crippen LogP contribution in [0.15, 0.2) is 17.1 Å². The smallest absolute Gasteiger partial charge is 0.349 e. The molecule has 0 aliphatic carbocycles. The number of aliphatic carboxylic acids is 1. The lowest BCUT2D eigenvalue weighted by Crippen LogP contribution is -2.43. The van der Waals surface area contributed by atoms with Crippen LogP contribution in [0.25, 0.3) is 0 Å². The van der Waals surface area contributed by atoms with Crippen molar-refractivity contribution in [2.75, 3.05) is 5.73 Å². The fraction of sp³-hybridized carbons (Fsp3) is 0.364. The number of hydrogen-bond donors (Lipinski definition) is 4. The highest BCUT2D eigenvalue weighted by atomic mass is 16.4. The van der Waals surface area contributed by atoms with Gasteiger partial charge in [-0.25, -0.2) is 9.59 Å². The van der Waals surface area contributed by atoms with Gasteiger partial charge in [-0.15, -0.1) is 0 Å². The van der Waals surface area contributed by atoms with Crippen molar-refractivity contribution in [1.29, 1.82) is 0 Å². The Hall–Kier alpha value is -2.91. The van der Waals surface area contributed by atoms with Gasteiger partial charge < -0.3 is 21.9 Å². The molecule has 0 aromatic carbocycles. The predicted molar refractivity (Wildman–Crippen MR) is 70.9 cm³/mol. The van der Waals surface area contributed by atoms with Gasteiger partial charge in [-0.05, 0) is 6.07 Å². The molecule has 0 radical (unpaired) electrons. The zero-order chi connectivity index (χ0) is 16.0. The Kier molecular flexibility index (Phi) is 5.40. The molecule has 0 saturated heterocycles. The van der Waals surface area contributed by atoms with E-state index < -0.39 is 35.9 Å². The molecule has 0 fully saturated rings. The number of hydrogen-bond acceptors (Lipinski definition) is 6. The van der Waals surface area contributed by atoms with Crippen LogP contribution in [0.2, 0.25) is 0 Å². The summed E-state index contributed by atoms with van der Waals surface area (Å²) in [5.41, 5.74) is 9.59. The summed E-state index contributed by atoms with van der Waals surface area (Å²) in [5.74, 6) is -2.78. The Labute approximate surface area is 118 Å². The minimum atomic E-state index is -1.39. The number of nitrogen functional groups attached to an aromatic ring is 1. The Bertz CT molecular complexity index is 611. The van der Waals surface area contributed by atoms with E-state index in [-0.39, 0.29) is 18.8 Å². The average molecular weight is 297 g/mol. The summed E-state index contributed by atoms with van der Waals surface area (Å²) in [6.45, 7) is 0.000850. The highest BCUT2D eigenvalue weighted by Gasteiger charge is 2.21. The lowest BCUT2D eigenvalue weighted by atomic mass is 10.2. The van der Waals surface area contributed by atoms with Gasteiger partial charge in [-0.2, -0.15) is 4.98 Å². The number of anilines is 1. The lowest BCUT2D eigenvalue weighted by molar-refractivity contribution is -0.143. The van der Waals surface area contributed by atoms with Crippen LogP contribution in [0, 0.1) is 0 Å². The van der Waals surface area contributed by atoms with E-state index in [0.29, 0.717) is 0 Å². The Morgan fingerprint density at radius 3 is 2.62 bits per heavy atom. The van der Waals surface area contributed by atoms with E-state index >= 15 is 0 Å². The second-order valence-corrected chi connectivity index (χ2v) is 4.21. The number of amides is 2. The third-order valence-electron chi connectivity index (χ3n) is 2.51. The molecule has 0 aliphatic heterocycles. The lowest BCUT2D eigenvalue weighted by Gasteiger charge is -2.13. The number of primary amides is 1. The summed E-state index contributed by atoms with van der Waals surface area (Å²) >= 11 is 0. The summed E-state index contributed by atoms with van der Waals surface area (Å²) in [4.78, 5) is 48.0. The van der Waals surface area contributed by atoms with E-state index in [4.69, 9.17) is 16.6 Å². The largest absolute Gasteiger partial charge is 0.480 e. The van der Waals surface area contributed by atoms with Crippen molar-refractivity contribution in [3.63, 3.8) is 0 Å². The van der Waals surface area contributed by atoms with Crippen molar-refractivity contribution in [2.24, 2.45) is 5.73 Å². The number of nitrogens with two attached hydrogens (primary N) is 2. The predicted octanol–water partition coefficient (Wildman–Crippen LogP) is -2.34. The van der Waals surface area contributed by atoms with Crippen LogP contribution < -0.4 is 22.5 Å². The number of nitrogens with one attached hydrogen (secondary N) is 1. The zero-order valence-corrected chi connectivity index (χ0v) is 11.0. The van der Waals surface area contributed by atoms with E-state index in [1.807, 2.05) is 0 Å². The molecule has 0 saturated carbocycles. The van der Waals surface area contributed by atoms with Gasteiger partial charge in [0.1, 0.15) is 11.9 Å². The Balaban J connectivity index is 2.58. The Morgan fingerprint density at radius 2 is 2.10 bits per heavy atom. The first-order valence-corrected chi connectivity index (χ1v) is 5.93. The average Bonchev–Trinajstić information content (AvgIpc) is 2.36. The number of carbonyl (C=O) groups is 3. The van der Waals surface area contributed by atoms with Crippen LogP contribution in [0.5, 0.6) is 0 Å². The number of nitrogens with zero attached hydrogens (tertiary/aromatic N) is 2. The van der Waals surface area contributed by atoms with E-state index in [1.54, 1.807) is 0 Å². The molecule has 21 heavy (non-hydrogen) atoms. The second-order valence-electron chi connectivity index (χ2n) is 4.21. The molecule has 1 aromatic rings. The van der Waals surface area contributed by atoms with Gasteiger partial charge in [0.15, 0.2) is 0 Å². The number of aromatic nitrogens is 2. The molecule has 0 spiro atoms. The maximum absolute atomic E-state index is 11.6. The quantitative estimate of drug-likeness (QED) is 0.436. The molecule has 0 aliphatic rings. The highest BCUT2D eigenvalue weighted by Crippen LogP contribution is 1.96. The van der Waals surface area contributed by atoms with Crippen molar-refractivity contribution < 1.29 is 19.5 Å². The van der Waals surface area contributed by atoms with E-state index in [1.165, 1.54) is 12.3 Å². The van der Waals surface area contributed by atoms with Crippen LogP contribution >= 0.6 is 0 Å². The molecule has 6 N–H and O–H groups in total. The summed E-state index contributed by atoms with van der Waals surface area (Å²) in [6.07, 6.45) is 0.703. The number of carbonyl (C=O) groups excluding carboxylic acids is 2. The molecule has 1 heterocycles. The van der Waals surface area contributed by atoms with Gasteiger partial charge in [0.05, 0.1) is 6.42 Å². The van der Waals surface area contributed by atoms with Gasteiger partial charge in [0.2, 0.25) is 11.8 Å². The summed E-state index contributed by atoms with van der Waals surface area (Å²) < 4.78 is 1.15. The van der Waals surface area contributed by atoms with Crippen molar-refractivity contribution in [3.05, 3.63) is 22.7 Å². The Morgan fingerprint density at radius 1 is 1.43 bits per heavy atom. The van der Waals surface area contributed by atoms with Gasteiger partial charge in [0, 0.05) is 19.2 Å². The molecule has 1 atom stereocenters. The first kappa shape index (κ1) is 16.1. The summed E-state index contributed by atoms with van der Waals surface area (Å²) in [5, 5.41) is 11.0. The maximum atomic E-state index is 11.6. The summed E-state index contributed by atoms with van der Waals surface area (Å²) in [6, 6.07) is 0.00294. The van der Waals surface area contributed by atoms with Crippen LogP contribution in [-0.4, -0.2) is 38.5 Å². The van der Waals surface area contributed by atoms with Crippen LogP contribution in [0.4, 0.5) is 5.82 Å². The maximum Gasteiger partial charge on any atom is 0.349 e. The van der Waals surface area contributed by atoms with Gasteiger partial charge in [-0.1, -0.05) is 0 Å². The fourth-order valence-electron chi connectivity index (χ4n) is 1.50. The van der Waals surface area contributed by atoms with E-state index in [2.05, 4.69) is 10.3 Å². The van der Waals surface area contributed by atoms with E-state index in [9.17, 15) is 19.2 Å². The molecule has 1 aromatic heterocycles. The number of aryl methyl sites for hydroxylation is 1. The molecular weight excluding hydrogens is 282 g/mol. The molecule has 114 valence electrons. The standard InChI is InChI=1S/C11H15N5O5/c12-7-1-3-16(11(21)15-7)4-2-9(18)14-6(10(19)20)5-8(13)17/h1,3,6H,2,4-5H2,(H2,13,17)(H,14,18)(H,19,20)(H2,12,15,21)/t6-/m0/s1.